The molecule has 3 aromatic rings. The van der Waals surface area contributed by atoms with E-state index in [2.05, 4.69) is 5.10 Å². The smallest absolute Gasteiger partial charge is 0.255 e. The third kappa shape index (κ3) is 3.44. The van der Waals surface area contributed by atoms with E-state index in [9.17, 15) is 14.4 Å². The highest BCUT2D eigenvalue weighted by Gasteiger charge is 2.33. The predicted octanol–water partition coefficient (Wildman–Crippen LogP) is 1.50. The van der Waals surface area contributed by atoms with E-state index in [1.165, 1.54) is 33.8 Å². The number of aryl methyl sites for hydroxylation is 1. The van der Waals surface area contributed by atoms with Crippen molar-refractivity contribution in [3.05, 3.63) is 76.3 Å². The van der Waals surface area contributed by atoms with Crippen LogP contribution in [-0.2, 0) is 7.05 Å². The Balaban J connectivity index is 1.50. The van der Waals surface area contributed by atoms with Crippen LogP contribution in [0.2, 0.25) is 0 Å². The van der Waals surface area contributed by atoms with Gasteiger partial charge in [0.05, 0.1) is 23.0 Å². The van der Waals surface area contributed by atoms with Gasteiger partial charge in [-0.05, 0) is 24.6 Å². The molecule has 0 unspecified atom stereocenters. The lowest BCUT2D eigenvalue weighted by Gasteiger charge is -2.16. The molecule has 1 saturated heterocycles. The average molecular weight is 391 g/mol. The van der Waals surface area contributed by atoms with Crippen LogP contribution in [0, 0.1) is 5.92 Å². The van der Waals surface area contributed by atoms with E-state index in [0.717, 1.165) is 5.69 Å². The molecule has 3 heterocycles. The van der Waals surface area contributed by atoms with Crippen molar-refractivity contribution in [1.29, 1.82) is 0 Å². The zero-order chi connectivity index (χ0) is 20.5. The highest BCUT2D eigenvalue weighted by molar-refractivity contribution is 6.03. The molecule has 0 saturated carbocycles. The number of nitrogen functional groups attached to an aromatic ring is 1. The number of anilines is 1. The van der Waals surface area contributed by atoms with Crippen molar-refractivity contribution in [2.24, 2.45) is 13.0 Å². The van der Waals surface area contributed by atoms with Gasteiger partial charge in [-0.2, -0.15) is 5.10 Å². The van der Waals surface area contributed by atoms with Gasteiger partial charge in [-0.25, -0.2) is 4.68 Å². The summed E-state index contributed by atoms with van der Waals surface area (Å²) in [5.74, 6) is -0.337. The summed E-state index contributed by atoms with van der Waals surface area (Å²) in [4.78, 5) is 38.9. The minimum Gasteiger partial charge on any atom is -0.383 e. The van der Waals surface area contributed by atoms with Gasteiger partial charge in [0.15, 0.2) is 5.78 Å². The first-order valence-corrected chi connectivity index (χ1v) is 9.35. The standard InChI is InChI=1S/C21H21N5O3/c1-24-12-15(7-8-18(24)27)21(29)25-10-9-14(13-25)19(28)17-11-23-26(20(17)22)16-5-3-2-4-6-16/h2-8,11-12,14H,9-10,13,22H2,1H3/t14-/m1/s1. The van der Waals surface area contributed by atoms with Crippen LogP contribution in [-0.4, -0.2) is 44.0 Å². The topological polar surface area (TPSA) is 103 Å². The predicted molar refractivity (Wildman–Crippen MR) is 108 cm³/mol. The lowest BCUT2D eigenvalue weighted by atomic mass is 9.98. The van der Waals surface area contributed by atoms with Gasteiger partial charge < -0.3 is 15.2 Å². The number of hydrogen-bond acceptors (Lipinski definition) is 5. The Morgan fingerprint density at radius 3 is 2.62 bits per heavy atom. The van der Waals surface area contributed by atoms with E-state index < -0.39 is 0 Å². The number of para-hydroxylation sites is 1. The molecule has 1 amide bonds. The SMILES string of the molecule is Cn1cc(C(=O)N2CC[C@@H](C(=O)c3cnn(-c4ccccc4)c3N)C2)ccc1=O. The van der Waals surface area contributed by atoms with Crippen LogP contribution in [0.5, 0.6) is 0 Å². The lowest BCUT2D eigenvalue weighted by molar-refractivity contribution is 0.0779. The number of nitrogens with zero attached hydrogens (tertiary/aromatic N) is 4. The van der Waals surface area contributed by atoms with Crippen LogP contribution < -0.4 is 11.3 Å². The highest BCUT2D eigenvalue weighted by atomic mass is 16.2. The highest BCUT2D eigenvalue weighted by Crippen LogP contribution is 2.26. The fourth-order valence-electron chi connectivity index (χ4n) is 3.60. The van der Waals surface area contributed by atoms with Gasteiger partial charge in [-0.3, -0.25) is 14.4 Å². The van der Waals surface area contributed by atoms with Crippen LogP contribution >= 0.6 is 0 Å². The molecule has 1 aliphatic rings. The Bertz CT molecular complexity index is 1130. The minimum atomic E-state index is -0.331. The summed E-state index contributed by atoms with van der Waals surface area (Å²) in [6, 6.07) is 12.2. The van der Waals surface area contributed by atoms with Crippen molar-refractivity contribution in [3.8, 4) is 5.69 Å². The molecule has 8 nitrogen and oxygen atoms in total. The zero-order valence-corrected chi connectivity index (χ0v) is 16.0. The van der Waals surface area contributed by atoms with Crippen LogP contribution in [0.15, 0.2) is 59.7 Å². The van der Waals surface area contributed by atoms with E-state index in [-0.39, 0.29) is 23.2 Å². The molecule has 148 valence electrons. The molecule has 0 spiro atoms. The second-order valence-corrected chi connectivity index (χ2v) is 7.16. The van der Waals surface area contributed by atoms with E-state index in [4.69, 9.17) is 5.73 Å². The Labute approximate surface area is 167 Å². The number of ketones is 1. The maximum atomic E-state index is 13.0. The quantitative estimate of drug-likeness (QED) is 0.679. The molecule has 8 heteroatoms. The summed E-state index contributed by atoms with van der Waals surface area (Å²) >= 11 is 0. The molecular formula is C21H21N5O3. The number of benzene rings is 1. The molecule has 2 N–H and O–H groups in total. The molecule has 4 rings (SSSR count). The zero-order valence-electron chi connectivity index (χ0n) is 16.0. The molecule has 0 radical (unpaired) electrons. The van der Waals surface area contributed by atoms with Gasteiger partial charge in [0.25, 0.3) is 5.91 Å². The summed E-state index contributed by atoms with van der Waals surface area (Å²) in [6.07, 6.45) is 3.57. The number of amides is 1. The van der Waals surface area contributed by atoms with Gasteiger partial charge >= 0.3 is 0 Å². The van der Waals surface area contributed by atoms with Crippen LogP contribution in [0.25, 0.3) is 5.69 Å². The maximum absolute atomic E-state index is 13.0. The number of carbonyl (C=O) groups excluding carboxylic acids is 2. The normalized spacial score (nSPS) is 16.2. The summed E-state index contributed by atoms with van der Waals surface area (Å²) < 4.78 is 2.90. The molecular weight excluding hydrogens is 370 g/mol. The van der Waals surface area contributed by atoms with Crippen molar-refractivity contribution in [2.45, 2.75) is 6.42 Å². The van der Waals surface area contributed by atoms with Gasteiger partial charge in [0.1, 0.15) is 5.82 Å². The van der Waals surface area contributed by atoms with E-state index in [0.29, 0.717) is 36.5 Å². The van der Waals surface area contributed by atoms with Crippen molar-refractivity contribution in [2.75, 3.05) is 18.8 Å². The fourth-order valence-corrected chi connectivity index (χ4v) is 3.60. The fraction of sp³-hybridized carbons (Fsp3) is 0.238. The number of Topliss-reactive ketones (excluding diaryl/α,β-unsaturated/α-hetero) is 1. The van der Waals surface area contributed by atoms with E-state index in [1.54, 1.807) is 11.9 Å². The Kier molecular flexibility index (Phi) is 4.75. The van der Waals surface area contributed by atoms with Crippen molar-refractivity contribution >= 4 is 17.5 Å². The average Bonchev–Trinajstić information content (AvgIpc) is 3.37. The number of aromatic nitrogens is 3. The van der Waals surface area contributed by atoms with Crippen LogP contribution in [0.1, 0.15) is 27.1 Å². The Hall–Kier alpha value is -3.68. The molecule has 1 fully saturated rings. The summed E-state index contributed by atoms with van der Waals surface area (Å²) in [5, 5.41) is 4.26. The number of rotatable bonds is 4. The monoisotopic (exact) mass is 391 g/mol. The molecule has 29 heavy (non-hydrogen) atoms. The van der Waals surface area contributed by atoms with E-state index in [1.807, 2.05) is 30.3 Å². The van der Waals surface area contributed by atoms with Crippen molar-refractivity contribution in [3.63, 3.8) is 0 Å². The molecule has 2 aromatic heterocycles. The molecule has 0 bridgehead atoms. The Morgan fingerprint density at radius 1 is 1.14 bits per heavy atom. The summed E-state index contributed by atoms with van der Waals surface area (Å²) in [6.45, 7) is 0.793. The second-order valence-electron chi connectivity index (χ2n) is 7.16. The Morgan fingerprint density at radius 2 is 1.90 bits per heavy atom. The molecule has 1 aromatic carbocycles. The van der Waals surface area contributed by atoms with Crippen molar-refractivity contribution in [1.82, 2.24) is 19.2 Å². The number of likely N-dealkylation sites (tertiary alicyclic amines) is 1. The lowest BCUT2D eigenvalue weighted by Crippen LogP contribution is -2.31. The molecule has 1 aliphatic heterocycles. The van der Waals surface area contributed by atoms with Gasteiger partial charge in [-0.1, -0.05) is 18.2 Å². The molecule has 0 aliphatic carbocycles. The largest absolute Gasteiger partial charge is 0.383 e. The first-order chi connectivity index (χ1) is 14.0. The number of nitrogens with two attached hydrogens (primary N) is 1. The third-order valence-electron chi connectivity index (χ3n) is 5.25. The van der Waals surface area contributed by atoms with Crippen LogP contribution in [0.3, 0.4) is 0 Å². The molecule has 1 atom stereocenters. The first-order valence-electron chi connectivity index (χ1n) is 9.35. The summed E-state index contributed by atoms with van der Waals surface area (Å²) in [5.41, 5.74) is 7.59. The second kappa shape index (κ2) is 7.38. The number of pyridine rings is 1. The van der Waals surface area contributed by atoms with Gasteiger partial charge in [0.2, 0.25) is 5.56 Å². The maximum Gasteiger partial charge on any atom is 0.255 e. The number of carbonyl (C=O) groups is 2. The first kappa shape index (κ1) is 18.7. The van der Waals surface area contributed by atoms with Crippen LogP contribution in [0.4, 0.5) is 5.82 Å². The summed E-state index contributed by atoms with van der Waals surface area (Å²) in [7, 11) is 1.60. The van der Waals surface area contributed by atoms with Gasteiger partial charge in [0, 0.05) is 38.3 Å². The third-order valence-corrected chi connectivity index (χ3v) is 5.25. The van der Waals surface area contributed by atoms with Gasteiger partial charge in [-0.15, -0.1) is 0 Å². The number of hydrogen-bond donors (Lipinski definition) is 1. The minimum absolute atomic E-state index is 0.111. The van der Waals surface area contributed by atoms with Crippen molar-refractivity contribution < 1.29 is 9.59 Å². The van der Waals surface area contributed by atoms with E-state index >= 15 is 0 Å².